The number of amides is 2. The Morgan fingerprint density at radius 3 is 2.93 bits per heavy atom. The standard InChI is InChI=1S/C19H22Cl2N4O3S/c1-28-18(26)15(6-8-29-2)24-19(27)25-7-5-14-16(23-10-22-14)17(25)12-4-3-11(20)9-13(12)21/h3-4,9-10,15,17H,5-8H2,1-2H3,(H,22,23)(H,24,27)/t15-,17?/m0/s1. The summed E-state index contributed by atoms with van der Waals surface area (Å²) in [4.78, 5) is 34.5. The molecule has 2 amide bonds. The van der Waals surface area contributed by atoms with Crippen LogP contribution >= 0.6 is 35.0 Å². The zero-order valence-electron chi connectivity index (χ0n) is 16.1. The lowest BCUT2D eigenvalue weighted by Gasteiger charge is -2.36. The highest BCUT2D eigenvalue weighted by Crippen LogP contribution is 2.37. The lowest BCUT2D eigenvalue weighted by Crippen LogP contribution is -2.51. The number of ether oxygens (including phenoxy) is 1. The fraction of sp³-hybridized carbons (Fsp3) is 0.421. The van der Waals surface area contributed by atoms with Crippen LogP contribution in [0.5, 0.6) is 0 Å². The molecule has 1 aromatic carbocycles. The van der Waals surface area contributed by atoms with Crippen molar-refractivity contribution < 1.29 is 14.3 Å². The number of esters is 1. The average molecular weight is 457 g/mol. The fourth-order valence-electron chi connectivity index (χ4n) is 3.39. The molecular formula is C19H22Cl2N4O3S. The molecule has 2 aromatic rings. The Kier molecular flexibility index (Phi) is 7.32. The van der Waals surface area contributed by atoms with Crippen LogP contribution < -0.4 is 5.32 Å². The summed E-state index contributed by atoms with van der Waals surface area (Å²) in [5.41, 5.74) is 2.41. The minimum Gasteiger partial charge on any atom is -0.467 e. The number of benzene rings is 1. The number of urea groups is 1. The van der Waals surface area contributed by atoms with Crippen LogP contribution in [0.25, 0.3) is 0 Å². The van der Waals surface area contributed by atoms with Gasteiger partial charge in [-0.3, -0.25) is 0 Å². The number of halogens is 2. The molecule has 1 aliphatic rings. The summed E-state index contributed by atoms with van der Waals surface area (Å²) in [6, 6.07) is 3.59. The van der Waals surface area contributed by atoms with E-state index in [-0.39, 0.29) is 6.03 Å². The molecule has 0 spiro atoms. The molecule has 0 saturated heterocycles. The van der Waals surface area contributed by atoms with Gasteiger partial charge in [0.15, 0.2) is 0 Å². The highest BCUT2D eigenvalue weighted by Gasteiger charge is 2.36. The topological polar surface area (TPSA) is 87.3 Å². The second-order valence-electron chi connectivity index (χ2n) is 6.58. The SMILES string of the molecule is COC(=O)[C@H](CCSC)NC(=O)N1CCc2[nH]cnc2C1c1ccc(Cl)cc1Cl. The quantitative estimate of drug-likeness (QED) is 0.647. The molecule has 2 atom stereocenters. The van der Waals surface area contributed by atoms with E-state index in [1.54, 1.807) is 41.2 Å². The molecule has 2 heterocycles. The van der Waals surface area contributed by atoms with E-state index in [9.17, 15) is 9.59 Å². The molecule has 0 aliphatic carbocycles. The molecule has 0 bridgehead atoms. The Balaban J connectivity index is 1.91. The summed E-state index contributed by atoms with van der Waals surface area (Å²) in [5, 5.41) is 3.77. The van der Waals surface area contributed by atoms with E-state index >= 15 is 0 Å². The highest BCUT2D eigenvalue weighted by atomic mass is 35.5. The van der Waals surface area contributed by atoms with Gasteiger partial charge in [-0.2, -0.15) is 11.8 Å². The first-order chi connectivity index (χ1) is 14.0. The second kappa shape index (κ2) is 9.73. The predicted octanol–water partition coefficient (Wildman–Crippen LogP) is 3.67. The van der Waals surface area contributed by atoms with Crippen LogP contribution in [0.2, 0.25) is 10.0 Å². The number of H-pyrrole nitrogens is 1. The number of carbonyl (C=O) groups is 2. The number of methoxy groups -OCH3 is 1. The summed E-state index contributed by atoms with van der Waals surface area (Å²) >= 11 is 14.1. The molecule has 2 N–H and O–H groups in total. The Morgan fingerprint density at radius 2 is 2.24 bits per heavy atom. The van der Waals surface area contributed by atoms with Crippen molar-refractivity contribution in [3.63, 3.8) is 0 Å². The summed E-state index contributed by atoms with van der Waals surface area (Å²) in [6.45, 7) is 0.446. The lowest BCUT2D eigenvalue weighted by molar-refractivity contribution is -0.142. The molecule has 1 aliphatic heterocycles. The fourth-order valence-corrected chi connectivity index (χ4v) is 4.38. The third-order valence-corrected chi connectivity index (χ3v) is 6.04. The molecule has 7 nitrogen and oxygen atoms in total. The van der Waals surface area contributed by atoms with E-state index in [0.29, 0.717) is 29.4 Å². The van der Waals surface area contributed by atoms with E-state index in [2.05, 4.69) is 15.3 Å². The van der Waals surface area contributed by atoms with Crippen molar-refractivity contribution in [1.29, 1.82) is 0 Å². The molecule has 29 heavy (non-hydrogen) atoms. The number of fused-ring (bicyclic) bond motifs is 1. The van der Waals surface area contributed by atoms with Crippen LogP contribution in [0, 0.1) is 0 Å². The minimum absolute atomic E-state index is 0.369. The van der Waals surface area contributed by atoms with Gasteiger partial charge in [-0.15, -0.1) is 0 Å². The third kappa shape index (κ3) is 4.82. The van der Waals surface area contributed by atoms with Crippen LogP contribution in [-0.2, 0) is 16.0 Å². The van der Waals surface area contributed by atoms with Gasteiger partial charge in [0.25, 0.3) is 0 Å². The largest absolute Gasteiger partial charge is 0.467 e. The number of rotatable bonds is 6. The summed E-state index contributed by atoms with van der Waals surface area (Å²) in [5.74, 6) is 0.252. The van der Waals surface area contributed by atoms with Crippen molar-refractivity contribution in [2.45, 2.75) is 24.9 Å². The molecule has 10 heteroatoms. The van der Waals surface area contributed by atoms with E-state index in [4.69, 9.17) is 27.9 Å². The Labute approximate surface area is 183 Å². The Bertz CT molecular complexity index is 892. The maximum Gasteiger partial charge on any atom is 0.328 e. The smallest absolute Gasteiger partial charge is 0.328 e. The van der Waals surface area contributed by atoms with Crippen molar-refractivity contribution in [2.24, 2.45) is 0 Å². The molecule has 0 radical (unpaired) electrons. The average Bonchev–Trinajstić information content (AvgIpc) is 3.19. The van der Waals surface area contributed by atoms with E-state index in [1.165, 1.54) is 7.11 Å². The summed E-state index contributed by atoms with van der Waals surface area (Å²) in [6.07, 6.45) is 4.66. The van der Waals surface area contributed by atoms with Gasteiger partial charge in [0.1, 0.15) is 12.1 Å². The number of carbonyl (C=O) groups excluding carboxylic acids is 2. The van der Waals surface area contributed by atoms with Gasteiger partial charge >= 0.3 is 12.0 Å². The first-order valence-corrected chi connectivity index (χ1v) is 11.2. The number of thioether (sulfide) groups is 1. The molecule has 156 valence electrons. The van der Waals surface area contributed by atoms with Crippen molar-refractivity contribution in [3.8, 4) is 0 Å². The molecular weight excluding hydrogens is 435 g/mol. The number of nitrogens with one attached hydrogen (secondary N) is 2. The first-order valence-electron chi connectivity index (χ1n) is 9.07. The van der Waals surface area contributed by atoms with E-state index in [0.717, 1.165) is 22.7 Å². The normalized spacial score (nSPS) is 16.8. The van der Waals surface area contributed by atoms with Crippen molar-refractivity contribution in [2.75, 3.05) is 25.7 Å². The molecule has 1 aromatic heterocycles. The van der Waals surface area contributed by atoms with Gasteiger partial charge in [-0.25, -0.2) is 14.6 Å². The number of aromatic nitrogens is 2. The monoisotopic (exact) mass is 456 g/mol. The van der Waals surface area contributed by atoms with E-state index < -0.39 is 18.1 Å². The number of aromatic amines is 1. The van der Waals surface area contributed by atoms with Crippen molar-refractivity contribution in [1.82, 2.24) is 20.2 Å². The highest BCUT2D eigenvalue weighted by molar-refractivity contribution is 7.98. The molecule has 3 rings (SSSR count). The van der Waals surface area contributed by atoms with Crippen molar-refractivity contribution in [3.05, 3.63) is 51.5 Å². The Hall–Kier alpha value is -1.90. The van der Waals surface area contributed by atoms with Crippen LogP contribution in [0.3, 0.4) is 0 Å². The van der Waals surface area contributed by atoms with Crippen LogP contribution in [0.1, 0.15) is 29.4 Å². The maximum atomic E-state index is 13.2. The Morgan fingerprint density at radius 1 is 1.45 bits per heavy atom. The number of nitrogens with zero attached hydrogens (tertiary/aromatic N) is 2. The number of imidazole rings is 1. The second-order valence-corrected chi connectivity index (χ2v) is 8.41. The van der Waals surface area contributed by atoms with Gasteiger partial charge in [0.05, 0.1) is 19.1 Å². The zero-order chi connectivity index (χ0) is 21.0. The number of hydrogen-bond acceptors (Lipinski definition) is 5. The minimum atomic E-state index is -0.720. The first kappa shape index (κ1) is 21.8. The van der Waals surface area contributed by atoms with E-state index in [1.807, 2.05) is 6.26 Å². The van der Waals surface area contributed by atoms with Crippen LogP contribution in [-0.4, -0.2) is 58.6 Å². The summed E-state index contributed by atoms with van der Waals surface area (Å²) < 4.78 is 4.85. The molecule has 0 saturated carbocycles. The van der Waals surface area contributed by atoms with Crippen LogP contribution in [0.4, 0.5) is 4.79 Å². The number of hydrogen-bond donors (Lipinski definition) is 2. The zero-order valence-corrected chi connectivity index (χ0v) is 18.4. The maximum absolute atomic E-state index is 13.2. The van der Waals surface area contributed by atoms with Crippen molar-refractivity contribution >= 4 is 47.0 Å². The van der Waals surface area contributed by atoms with Gasteiger partial charge in [0.2, 0.25) is 0 Å². The molecule has 0 fully saturated rings. The summed E-state index contributed by atoms with van der Waals surface area (Å²) in [7, 11) is 1.31. The third-order valence-electron chi connectivity index (χ3n) is 4.84. The predicted molar refractivity (Wildman–Crippen MR) is 115 cm³/mol. The lowest BCUT2D eigenvalue weighted by atomic mass is 9.96. The van der Waals surface area contributed by atoms with Gasteiger partial charge in [-0.05, 0) is 36.1 Å². The van der Waals surface area contributed by atoms with Gasteiger partial charge in [0, 0.05) is 28.7 Å². The molecule has 1 unspecified atom stereocenters. The van der Waals surface area contributed by atoms with Gasteiger partial charge < -0.3 is 19.9 Å². The van der Waals surface area contributed by atoms with Crippen LogP contribution in [0.15, 0.2) is 24.5 Å². The van der Waals surface area contributed by atoms with Gasteiger partial charge in [-0.1, -0.05) is 29.3 Å².